The minimum Gasteiger partial charge on any atom is -0.208 e. The first kappa shape index (κ1) is 38.6. The van der Waals surface area contributed by atoms with Crippen LogP contribution in [0, 0.1) is 0 Å². The highest BCUT2D eigenvalue weighted by atomic mass is 15.0. The number of aromatic nitrogens is 3. The highest BCUT2D eigenvalue weighted by molar-refractivity contribution is 6.25. The van der Waals surface area contributed by atoms with E-state index >= 15 is 0 Å². The molecule has 0 radical (unpaired) electrons. The molecule has 0 unspecified atom stereocenters. The van der Waals surface area contributed by atoms with Crippen molar-refractivity contribution >= 4 is 32.3 Å². The van der Waals surface area contributed by atoms with Gasteiger partial charge in [-0.2, -0.15) is 0 Å². The quantitative estimate of drug-likeness (QED) is 0.150. The van der Waals surface area contributed by atoms with Crippen LogP contribution in [0.2, 0.25) is 0 Å². The average Bonchev–Trinajstić information content (AvgIpc) is 3.72. The van der Waals surface area contributed by atoms with Gasteiger partial charge in [-0.1, -0.05) is 224 Å². The lowest BCUT2D eigenvalue weighted by atomic mass is 9.67. The first-order chi connectivity index (χ1) is 33.2. The third-order valence-corrected chi connectivity index (χ3v) is 13.8. The lowest BCUT2D eigenvalue weighted by molar-refractivity contribution is 0.769. The first-order valence-electron chi connectivity index (χ1n) is 22.9. The third kappa shape index (κ3) is 6.24. The van der Waals surface area contributed by atoms with Crippen molar-refractivity contribution in [1.29, 1.82) is 0 Å². The highest BCUT2D eigenvalue weighted by Gasteiger charge is 2.47. The van der Waals surface area contributed by atoms with Crippen molar-refractivity contribution in [3.05, 3.63) is 271 Å². The molecule has 11 aromatic carbocycles. The molecule has 1 heterocycles. The average molecular weight is 852 g/mol. The van der Waals surface area contributed by atoms with E-state index in [0.717, 1.165) is 50.1 Å². The van der Waals surface area contributed by atoms with Crippen LogP contribution in [0.4, 0.5) is 0 Å². The molecule has 0 fully saturated rings. The summed E-state index contributed by atoms with van der Waals surface area (Å²) in [5.74, 6) is 1.86. The number of rotatable bonds is 7. The van der Waals surface area contributed by atoms with Crippen LogP contribution in [-0.4, -0.2) is 15.0 Å². The number of hydrogen-bond donors (Lipinski definition) is 0. The molecule has 0 saturated heterocycles. The van der Waals surface area contributed by atoms with Gasteiger partial charge in [0.1, 0.15) is 0 Å². The zero-order valence-electron chi connectivity index (χ0n) is 36.5. The third-order valence-electron chi connectivity index (χ3n) is 13.8. The Bertz CT molecular complexity index is 3770. The molecular formula is C64H41N3. The van der Waals surface area contributed by atoms with E-state index in [0.29, 0.717) is 17.5 Å². The van der Waals surface area contributed by atoms with Crippen molar-refractivity contribution in [1.82, 2.24) is 15.0 Å². The maximum absolute atomic E-state index is 5.52. The van der Waals surface area contributed by atoms with Gasteiger partial charge < -0.3 is 0 Å². The summed E-state index contributed by atoms with van der Waals surface area (Å²) in [6.07, 6.45) is 0. The summed E-state index contributed by atoms with van der Waals surface area (Å²) in [6.45, 7) is 0. The summed E-state index contributed by atoms with van der Waals surface area (Å²) in [5.41, 5.74) is 13.7. The van der Waals surface area contributed by atoms with Crippen molar-refractivity contribution in [2.45, 2.75) is 5.41 Å². The van der Waals surface area contributed by atoms with Gasteiger partial charge in [-0.15, -0.1) is 0 Å². The van der Waals surface area contributed by atoms with Crippen molar-refractivity contribution in [3.63, 3.8) is 0 Å². The fraction of sp³-hybridized carbons (Fsp3) is 0.0156. The summed E-state index contributed by atoms with van der Waals surface area (Å²) in [4.78, 5) is 16.2. The minimum absolute atomic E-state index is 0.619. The molecule has 0 saturated carbocycles. The van der Waals surface area contributed by atoms with E-state index in [1.807, 2.05) is 18.2 Å². The van der Waals surface area contributed by atoms with Crippen LogP contribution in [0.15, 0.2) is 249 Å². The summed E-state index contributed by atoms with van der Waals surface area (Å²) < 4.78 is 0. The normalized spacial score (nSPS) is 12.6. The molecule has 1 aliphatic rings. The maximum Gasteiger partial charge on any atom is 0.164 e. The Labute approximate surface area is 389 Å². The number of hydrogen-bond acceptors (Lipinski definition) is 3. The van der Waals surface area contributed by atoms with Crippen molar-refractivity contribution in [2.75, 3.05) is 0 Å². The van der Waals surface area contributed by atoms with Crippen LogP contribution >= 0.6 is 0 Å². The molecule has 13 rings (SSSR count). The Morgan fingerprint density at radius 2 is 0.701 bits per heavy atom. The topological polar surface area (TPSA) is 38.7 Å². The second-order valence-corrected chi connectivity index (χ2v) is 17.4. The van der Waals surface area contributed by atoms with Gasteiger partial charge in [0, 0.05) is 16.7 Å². The molecule has 0 bridgehead atoms. The zero-order chi connectivity index (χ0) is 44.3. The molecule has 0 amide bonds. The zero-order valence-corrected chi connectivity index (χ0v) is 36.5. The fourth-order valence-corrected chi connectivity index (χ4v) is 10.8. The predicted molar refractivity (Wildman–Crippen MR) is 277 cm³/mol. The van der Waals surface area contributed by atoms with Crippen molar-refractivity contribution < 1.29 is 0 Å². The lowest BCUT2D eigenvalue weighted by Gasteiger charge is -2.34. The van der Waals surface area contributed by atoms with Gasteiger partial charge in [0.05, 0.1) is 5.41 Å². The second kappa shape index (κ2) is 15.7. The Kier molecular flexibility index (Phi) is 9.07. The Morgan fingerprint density at radius 3 is 1.34 bits per heavy atom. The van der Waals surface area contributed by atoms with Gasteiger partial charge in [-0.05, 0) is 112 Å². The van der Waals surface area contributed by atoms with E-state index in [2.05, 4.69) is 231 Å². The van der Waals surface area contributed by atoms with E-state index < -0.39 is 5.41 Å². The van der Waals surface area contributed by atoms with Crippen LogP contribution in [0.3, 0.4) is 0 Å². The predicted octanol–water partition coefficient (Wildman–Crippen LogP) is 16.0. The van der Waals surface area contributed by atoms with Crippen LogP contribution < -0.4 is 0 Å². The monoisotopic (exact) mass is 851 g/mol. The van der Waals surface area contributed by atoms with Gasteiger partial charge >= 0.3 is 0 Å². The fourth-order valence-electron chi connectivity index (χ4n) is 10.8. The molecule has 1 aliphatic carbocycles. The molecule has 3 nitrogen and oxygen atoms in total. The molecule has 1 aromatic heterocycles. The highest BCUT2D eigenvalue weighted by Crippen LogP contribution is 2.59. The molecule has 67 heavy (non-hydrogen) atoms. The van der Waals surface area contributed by atoms with Crippen molar-refractivity contribution in [2.24, 2.45) is 0 Å². The van der Waals surface area contributed by atoms with E-state index in [4.69, 9.17) is 15.0 Å². The van der Waals surface area contributed by atoms with Crippen LogP contribution in [0.25, 0.3) is 99.9 Å². The van der Waals surface area contributed by atoms with Gasteiger partial charge in [0.15, 0.2) is 17.5 Å². The van der Waals surface area contributed by atoms with E-state index in [-0.39, 0.29) is 0 Å². The maximum atomic E-state index is 5.52. The van der Waals surface area contributed by atoms with Gasteiger partial charge in [-0.3, -0.25) is 0 Å². The standard InChI is InChI=1S/C64H41N3/c1-5-20-42(21-6-1)44-24-19-25-46(38-44)62-65-61(43-22-7-2-8-23-43)66-63(67-62)57-40-47(45-36-37-54-52-32-14-13-30-50(52)51-31-15-16-33-53(51)56(54)39-45)41-59-60(57)55-34-17-18-35-58(55)64(59,48-26-9-3-10-27-48)49-28-11-4-12-29-49/h1-41H. The largest absolute Gasteiger partial charge is 0.208 e. The van der Waals surface area contributed by atoms with Gasteiger partial charge in [-0.25, -0.2) is 15.0 Å². The number of fused-ring (bicyclic) bond motifs is 9. The van der Waals surface area contributed by atoms with Crippen LogP contribution in [0.5, 0.6) is 0 Å². The molecule has 3 heteroatoms. The molecule has 12 aromatic rings. The summed E-state index contributed by atoms with van der Waals surface area (Å²) >= 11 is 0. The lowest BCUT2D eigenvalue weighted by Crippen LogP contribution is -2.28. The van der Waals surface area contributed by atoms with Gasteiger partial charge in [0.2, 0.25) is 0 Å². The first-order valence-corrected chi connectivity index (χ1v) is 22.9. The summed E-state index contributed by atoms with van der Waals surface area (Å²) in [6, 6.07) is 89.7. The second-order valence-electron chi connectivity index (χ2n) is 17.4. The number of benzene rings is 11. The van der Waals surface area contributed by atoms with E-state index in [1.54, 1.807) is 0 Å². The SMILES string of the molecule is c1ccc(-c2cccc(-c3nc(-c4ccccc4)nc(-c4cc(-c5ccc6c7ccccc7c7ccccc7c6c5)cc5c4-c4ccccc4C5(c4ccccc4)c4ccccc4)n3)c2)cc1. The summed E-state index contributed by atoms with van der Waals surface area (Å²) in [7, 11) is 0. The van der Waals surface area contributed by atoms with Crippen LogP contribution in [-0.2, 0) is 5.41 Å². The van der Waals surface area contributed by atoms with E-state index in [1.165, 1.54) is 54.6 Å². The molecule has 0 spiro atoms. The Morgan fingerprint density at radius 1 is 0.239 bits per heavy atom. The summed E-state index contributed by atoms with van der Waals surface area (Å²) in [5, 5.41) is 7.47. The molecular weight excluding hydrogens is 811 g/mol. The molecule has 0 aliphatic heterocycles. The molecule has 312 valence electrons. The number of nitrogens with zero attached hydrogens (tertiary/aromatic N) is 3. The van der Waals surface area contributed by atoms with Crippen LogP contribution in [0.1, 0.15) is 22.3 Å². The smallest absolute Gasteiger partial charge is 0.164 e. The van der Waals surface area contributed by atoms with E-state index in [9.17, 15) is 0 Å². The Hall–Kier alpha value is -8.79. The molecule has 0 atom stereocenters. The van der Waals surface area contributed by atoms with Crippen molar-refractivity contribution in [3.8, 4) is 67.5 Å². The molecule has 0 N–H and O–H groups in total. The van der Waals surface area contributed by atoms with Gasteiger partial charge in [0.25, 0.3) is 0 Å². The Balaban J connectivity index is 1.14. The minimum atomic E-state index is -0.652.